The summed E-state index contributed by atoms with van der Waals surface area (Å²) in [5, 5.41) is 11.0. The molecule has 0 saturated carbocycles. The summed E-state index contributed by atoms with van der Waals surface area (Å²) in [6, 6.07) is 11.2. The number of halogens is 1. The van der Waals surface area contributed by atoms with E-state index in [0.29, 0.717) is 35.1 Å². The predicted molar refractivity (Wildman–Crippen MR) is 126 cm³/mol. The number of carbonyl (C=O) groups excluding carboxylic acids is 1. The van der Waals surface area contributed by atoms with E-state index in [1.807, 2.05) is 0 Å². The summed E-state index contributed by atoms with van der Waals surface area (Å²) >= 11 is 0. The Morgan fingerprint density at radius 2 is 1.97 bits per heavy atom. The van der Waals surface area contributed by atoms with E-state index in [2.05, 4.69) is 34.3 Å². The van der Waals surface area contributed by atoms with E-state index in [9.17, 15) is 14.0 Å². The first-order valence-corrected chi connectivity index (χ1v) is 11.1. The van der Waals surface area contributed by atoms with Crippen molar-refractivity contribution in [1.82, 2.24) is 20.5 Å². The van der Waals surface area contributed by atoms with Crippen LogP contribution in [0, 0.1) is 11.7 Å². The maximum absolute atomic E-state index is 13.4. The summed E-state index contributed by atoms with van der Waals surface area (Å²) in [5.41, 5.74) is 1.07. The lowest BCUT2D eigenvalue weighted by atomic mass is 10.1. The number of aromatic amines is 1. The Morgan fingerprint density at radius 3 is 2.68 bits per heavy atom. The normalized spacial score (nSPS) is 10.9. The molecule has 9 heteroatoms. The molecule has 1 aromatic heterocycles. The van der Waals surface area contributed by atoms with Gasteiger partial charge in [0.25, 0.3) is 5.56 Å². The van der Waals surface area contributed by atoms with Crippen molar-refractivity contribution in [2.45, 2.75) is 39.7 Å². The molecule has 0 spiro atoms. The van der Waals surface area contributed by atoms with Crippen molar-refractivity contribution in [1.29, 1.82) is 0 Å². The molecule has 180 valence electrons. The summed E-state index contributed by atoms with van der Waals surface area (Å²) in [7, 11) is 1.50. The summed E-state index contributed by atoms with van der Waals surface area (Å²) in [6.45, 7) is 4.96. The van der Waals surface area contributed by atoms with E-state index < -0.39 is 5.56 Å². The highest BCUT2D eigenvalue weighted by molar-refractivity contribution is 5.76. The Kier molecular flexibility index (Phi) is 8.73. The molecule has 34 heavy (non-hydrogen) atoms. The van der Waals surface area contributed by atoms with E-state index in [-0.39, 0.29) is 42.7 Å². The van der Waals surface area contributed by atoms with Crippen LogP contribution in [0.1, 0.15) is 37.9 Å². The lowest BCUT2D eigenvalue weighted by molar-refractivity contribution is -0.121. The van der Waals surface area contributed by atoms with Gasteiger partial charge < -0.3 is 19.8 Å². The molecule has 2 aromatic carbocycles. The van der Waals surface area contributed by atoms with Crippen LogP contribution in [0.5, 0.6) is 11.5 Å². The van der Waals surface area contributed by atoms with Crippen molar-refractivity contribution >= 4 is 5.91 Å². The van der Waals surface area contributed by atoms with Gasteiger partial charge in [-0.15, -0.1) is 10.2 Å². The Morgan fingerprint density at radius 1 is 1.15 bits per heavy atom. The quantitative estimate of drug-likeness (QED) is 0.445. The second-order valence-corrected chi connectivity index (χ2v) is 8.27. The molecule has 0 saturated heterocycles. The minimum atomic E-state index is -0.398. The molecule has 2 N–H and O–H groups in total. The zero-order valence-electron chi connectivity index (χ0n) is 19.6. The first kappa shape index (κ1) is 24.9. The number of methoxy groups -OCH3 is 1. The molecule has 8 nitrogen and oxygen atoms in total. The number of benzene rings is 2. The van der Waals surface area contributed by atoms with Crippen molar-refractivity contribution in [3.8, 4) is 22.9 Å². The number of ether oxygens (including phenoxy) is 2. The third-order valence-corrected chi connectivity index (χ3v) is 5.12. The Hall–Kier alpha value is -3.75. The smallest absolute Gasteiger partial charge is 0.273 e. The number of aryl methyl sites for hydroxylation is 1. The number of amides is 1. The zero-order chi connectivity index (χ0) is 24.5. The summed E-state index contributed by atoms with van der Waals surface area (Å²) in [4.78, 5) is 27.1. The number of H-pyrrole nitrogens is 1. The summed E-state index contributed by atoms with van der Waals surface area (Å²) in [5.74, 6) is 1.22. The van der Waals surface area contributed by atoms with Crippen LogP contribution in [0.4, 0.5) is 4.39 Å². The number of aromatic nitrogens is 3. The van der Waals surface area contributed by atoms with Crippen molar-refractivity contribution < 1.29 is 18.7 Å². The highest BCUT2D eigenvalue weighted by atomic mass is 19.1. The van der Waals surface area contributed by atoms with Crippen molar-refractivity contribution in [3.05, 3.63) is 69.9 Å². The summed E-state index contributed by atoms with van der Waals surface area (Å²) < 4.78 is 24.5. The number of nitrogens with one attached hydrogen (secondary N) is 2. The van der Waals surface area contributed by atoms with Gasteiger partial charge in [-0.2, -0.15) is 0 Å². The van der Waals surface area contributed by atoms with Crippen molar-refractivity contribution in [2.75, 3.05) is 13.7 Å². The van der Waals surface area contributed by atoms with Crippen LogP contribution in [0.2, 0.25) is 0 Å². The van der Waals surface area contributed by atoms with Crippen molar-refractivity contribution in [3.63, 3.8) is 0 Å². The standard InChI is InChI=1S/C25H29FN4O4/c1-16(2)11-12-27-23(31)10-8-20-25(32)28-24(30-29-20)18-7-9-21(22(14-18)33-3)34-15-17-5-4-6-19(26)13-17/h4-7,9,13-14,16H,8,10-12,15H2,1-3H3,(H,27,31)(H,28,30,32). The number of carbonyl (C=O) groups is 1. The van der Waals surface area contributed by atoms with Gasteiger partial charge in [-0.3, -0.25) is 9.59 Å². The largest absolute Gasteiger partial charge is 0.493 e. The van der Waals surface area contributed by atoms with Crippen LogP contribution in [-0.4, -0.2) is 34.7 Å². The number of rotatable bonds is 11. The second-order valence-electron chi connectivity index (χ2n) is 8.27. The van der Waals surface area contributed by atoms with Gasteiger partial charge in [-0.05, 0) is 48.2 Å². The second kappa shape index (κ2) is 11.9. The third-order valence-electron chi connectivity index (χ3n) is 5.12. The minimum absolute atomic E-state index is 0.121. The Bertz CT molecular complexity index is 1180. The maximum atomic E-state index is 13.4. The topological polar surface area (TPSA) is 106 Å². The molecule has 1 heterocycles. The van der Waals surface area contributed by atoms with Crippen molar-refractivity contribution in [2.24, 2.45) is 5.92 Å². The average molecular weight is 469 g/mol. The van der Waals surface area contributed by atoms with E-state index in [0.717, 1.165) is 6.42 Å². The van der Waals surface area contributed by atoms with Crippen LogP contribution >= 0.6 is 0 Å². The lowest BCUT2D eigenvalue weighted by Crippen LogP contribution is -2.27. The average Bonchev–Trinajstić information content (AvgIpc) is 2.81. The summed E-state index contributed by atoms with van der Waals surface area (Å²) in [6.07, 6.45) is 1.27. The van der Waals surface area contributed by atoms with Crippen LogP contribution in [0.15, 0.2) is 47.3 Å². The molecule has 0 unspecified atom stereocenters. The van der Waals surface area contributed by atoms with E-state index in [1.165, 1.54) is 19.2 Å². The fourth-order valence-electron chi connectivity index (χ4n) is 3.20. The molecule has 1 amide bonds. The molecule has 0 radical (unpaired) electrons. The molecule has 3 rings (SSSR count). The lowest BCUT2D eigenvalue weighted by Gasteiger charge is -2.12. The Balaban J connectivity index is 1.64. The van der Waals surface area contributed by atoms with Crippen LogP contribution in [0.3, 0.4) is 0 Å². The monoisotopic (exact) mass is 468 g/mol. The van der Waals surface area contributed by atoms with Gasteiger partial charge in [-0.25, -0.2) is 4.39 Å². The van der Waals surface area contributed by atoms with Gasteiger partial charge in [-0.1, -0.05) is 26.0 Å². The highest BCUT2D eigenvalue weighted by Crippen LogP contribution is 2.31. The van der Waals surface area contributed by atoms with Crippen LogP contribution in [0.25, 0.3) is 11.4 Å². The SMILES string of the molecule is COc1cc(-c2nnc(CCC(=O)NCCC(C)C)c(=O)[nH]2)ccc1OCc1cccc(F)c1. The molecule has 3 aromatic rings. The minimum Gasteiger partial charge on any atom is -0.493 e. The molecule has 0 atom stereocenters. The molecule has 0 aliphatic heterocycles. The van der Waals surface area contributed by atoms with E-state index in [1.54, 1.807) is 30.3 Å². The predicted octanol–water partition coefficient (Wildman–Crippen LogP) is 3.65. The van der Waals surface area contributed by atoms with E-state index in [4.69, 9.17) is 9.47 Å². The first-order valence-electron chi connectivity index (χ1n) is 11.1. The van der Waals surface area contributed by atoms with Gasteiger partial charge >= 0.3 is 0 Å². The number of hydrogen-bond acceptors (Lipinski definition) is 6. The fourth-order valence-corrected chi connectivity index (χ4v) is 3.20. The van der Waals surface area contributed by atoms with Gasteiger partial charge in [0.1, 0.15) is 18.1 Å². The first-order chi connectivity index (χ1) is 16.4. The van der Waals surface area contributed by atoms with Gasteiger partial charge in [0.05, 0.1) is 7.11 Å². The molecule has 0 aliphatic carbocycles. The number of hydrogen-bond donors (Lipinski definition) is 2. The molecular formula is C25H29FN4O4. The van der Waals surface area contributed by atoms with E-state index >= 15 is 0 Å². The van der Waals surface area contributed by atoms with Gasteiger partial charge in [0.2, 0.25) is 5.91 Å². The molecular weight excluding hydrogens is 439 g/mol. The zero-order valence-corrected chi connectivity index (χ0v) is 19.6. The molecule has 0 aliphatic rings. The number of nitrogens with zero attached hydrogens (tertiary/aromatic N) is 2. The van der Waals surface area contributed by atoms with Crippen LogP contribution in [-0.2, 0) is 17.8 Å². The van der Waals surface area contributed by atoms with Crippen LogP contribution < -0.4 is 20.3 Å². The fraction of sp³-hybridized carbons (Fsp3) is 0.360. The van der Waals surface area contributed by atoms with Gasteiger partial charge in [0, 0.05) is 24.9 Å². The molecule has 0 fully saturated rings. The maximum Gasteiger partial charge on any atom is 0.273 e. The third kappa shape index (κ3) is 7.13. The molecule has 0 bridgehead atoms. The Labute approximate surface area is 197 Å². The highest BCUT2D eigenvalue weighted by Gasteiger charge is 2.12. The van der Waals surface area contributed by atoms with Gasteiger partial charge in [0.15, 0.2) is 17.3 Å².